The molecule has 1 aliphatic rings. The first-order chi connectivity index (χ1) is 10.6. The number of carbonyl (C=O) groups is 2. The van der Waals surface area contributed by atoms with Crippen molar-refractivity contribution in [2.45, 2.75) is 51.6 Å². The molecule has 2 rings (SSSR count). The number of hydrogen-bond acceptors (Lipinski definition) is 4. The molecule has 125 valence electrons. The van der Waals surface area contributed by atoms with E-state index >= 15 is 0 Å². The van der Waals surface area contributed by atoms with Gasteiger partial charge in [-0.25, -0.2) is 4.79 Å². The Hall–Kier alpha value is -2.12. The molecule has 1 aliphatic heterocycles. The van der Waals surface area contributed by atoms with Crippen LogP contribution in [0.25, 0.3) is 0 Å². The van der Waals surface area contributed by atoms with E-state index in [1.165, 1.54) is 0 Å². The van der Waals surface area contributed by atoms with Gasteiger partial charge in [0.15, 0.2) is 0 Å². The van der Waals surface area contributed by atoms with Gasteiger partial charge in [0.25, 0.3) is 0 Å². The lowest BCUT2D eigenvalue weighted by molar-refractivity contribution is -0.685. The Morgan fingerprint density at radius 3 is 2.13 bits per heavy atom. The summed E-state index contributed by atoms with van der Waals surface area (Å²) in [5.41, 5.74) is 1.58. The van der Waals surface area contributed by atoms with Gasteiger partial charge in [-0.1, -0.05) is 12.1 Å². The van der Waals surface area contributed by atoms with Crippen LogP contribution >= 0.6 is 0 Å². The van der Waals surface area contributed by atoms with Crippen molar-refractivity contribution in [1.29, 1.82) is 0 Å². The first kappa shape index (κ1) is 18.9. The quantitative estimate of drug-likeness (QED) is 0.497. The van der Waals surface area contributed by atoms with Crippen molar-refractivity contribution in [3.05, 3.63) is 39.8 Å². The van der Waals surface area contributed by atoms with Crippen molar-refractivity contribution in [2.24, 2.45) is 5.90 Å². The van der Waals surface area contributed by atoms with Gasteiger partial charge in [0, 0.05) is 54.9 Å². The molecule has 0 spiro atoms. The fraction of sp³-hybridized carbons (Fsp3) is 0.500. The number of Topliss-reactive ketones (excluding diaryl/α,β-unsaturated/α-hetero) is 1. The monoisotopic (exact) mass is 322 g/mol. The summed E-state index contributed by atoms with van der Waals surface area (Å²) in [6.45, 7) is 7.53. The number of carboxylic acid groups (broad SMARTS) is 1. The molecule has 0 unspecified atom stereocenters. The third kappa shape index (κ3) is 3.30. The van der Waals surface area contributed by atoms with E-state index in [1.54, 1.807) is 0 Å². The minimum Gasteiger partial charge on any atom is -0.476 e. The zero-order chi connectivity index (χ0) is 18.0. The second-order valence-electron chi connectivity index (χ2n) is 6.52. The Bertz CT molecular complexity index is 650. The molecule has 0 aromatic heterocycles. The standard InChI is InChI=1S/C16H19NO4.H2NO/c1-15(2)11-7-5-10(6-8-13(18)14(19)20)9-12(11)16(3,4)17(15)21;1-2/h5,7,9H,6,8H2,1-4H3;1H2/p+1. The number of carbonyl (C=O) groups excluding carboxylic acids is 1. The summed E-state index contributed by atoms with van der Waals surface area (Å²) in [7, 11) is 0. The molecule has 0 amide bonds. The van der Waals surface area contributed by atoms with E-state index in [-0.39, 0.29) is 6.42 Å². The fourth-order valence-electron chi connectivity index (χ4n) is 3.07. The minimum absolute atomic E-state index is 0.0287. The first-order valence-electron chi connectivity index (χ1n) is 7.19. The molecular weight excluding hydrogens is 300 g/mol. The number of carboxylic acids is 1. The predicted octanol–water partition coefficient (Wildman–Crippen LogP) is 1.83. The Balaban J connectivity index is 0.00000127. The summed E-state index contributed by atoms with van der Waals surface area (Å²) in [5.74, 6) is 1.06. The van der Waals surface area contributed by atoms with Crippen LogP contribution in [0.2, 0.25) is 0 Å². The maximum Gasteiger partial charge on any atom is 0.372 e. The van der Waals surface area contributed by atoms with E-state index in [1.807, 2.05) is 45.9 Å². The highest BCUT2D eigenvalue weighted by atomic mass is 16.4. The maximum atomic E-state index is 12.5. The van der Waals surface area contributed by atoms with Gasteiger partial charge in [0.05, 0.1) is 0 Å². The summed E-state index contributed by atoms with van der Waals surface area (Å²) >= 11 is 0. The number of hydrogen-bond donors (Lipinski definition) is 2. The second-order valence-corrected chi connectivity index (χ2v) is 6.52. The molecule has 7 nitrogen and oxygen atoms in total. The van der Waals surface area contributed by atoms with Gasteiger partial charge < -0.3 is 5.11 Å². The average molecular weight is 322 g/mol. The van der Waals surface area contributed by atoms with Crippen LogP contribution in [0.5, 0.6) is 0 Å². The number of aryl methyl sites for hydroxylation is 1. The normalized spacial score (nSPS) is 17.0. The second kappa shape index (κ2) is 6.55. The number of aliphatic carboxylic acids is 1. The minimum atomic E-state index is -1.40. The van der Waals surface area contributed by atoms with Crippen LogP contribution in [0.3, 0.4) is 0 Å². The van der Waals surface area contributed by atoms with Crippen molar-refractivity contribution in [2.75, 3.05) is 0 Å². The highest BCUT2D eigenvalue weighted by Gasteiger charge is 2.58. The third-order valence-electron chi connectivity index (χ3n) is 4.30. The van der Waals surface area contributed by atoms with Crippen molar-refractivity contribution < 1.29 is 24.7 Å². The largest absolute Gasteiger partial charge is 0.476 e. The van der Waals surface area contributed by atoms with E-state index in [4.69, 9.17) is 10.3 Å². The number of nitroso groups, excluding NO2 is 1. The summed E-state index contributed by atoms with van der Waals surface area (Å²) in [6.07, 6.45) is 0.340. The molecule has 1 aromatic rings. The lowest BCUT2D eigenvalue weighted by Gasteiger charge is -2.13. The third-order valence-corrected chi connectivity index (χ3v) is 4.30. The first-order valence-corrected chi connectivity index (χ1v) is 7.19. The Kier molecular flexibility index (Phi) is 5.39. The molecule has 0 saturated carbocycles. The van der Waals surface area contributed by atoms with E-state index in [0.29, 0.717) is 6.42 Å². The molecule has 0 fully saturated rings. The van der Waals surface area contributed by atoms with Crippen LogP contribution in [0, 0.1) is 4.91 Å². The van der Waals surface area contributed by atoms with Crippen LogP contribution in [-0.4, -0.2) is 21.6 Å². The molecule has 3 N–H and O–H groups in total. The van der Waals surface area contributed by atoms with E-state index in [0.717, 1.165) is 21.5 Å². The molecule has 0 bridgehead atoms. The number of rotatable bonds is 4. The Labute approximate surface area is 134 Å². The molecule has 23 heavy (non-hydrogen) atoms. The molecule has 7 heteroatoms. The van der Waals surface area contributed by atoms with Crippen molar-refractivity contribution in [3.63, 3.8) is 0 Å². The summed E-state index contributed by atoms with van der Waals surface area (Å²) in [4.78, 5) is 34.2. The van der Waals surface area contributed by atoms with Crippen LogP contribution in [0.4, 0.5) is 0 Å². The van der Waals surface area contributed by atoms with Gasteiger partial charge in [-0.05, 0) is 18.1 Å². The molecular formula is C16H22N2O5+. The molecule has 1 heterocycles. The average Bonchev–Trinajstić information content (AvgIpc) is 2.65. The highest BCUT2D eigenvalue weighted by Crippen LogP contribution is 2.46. The smallest absolute Gasteiger partial charge is 0.372 e. The Morgan fingerprint density at radius 2 is 1.61 bits per heavy atom. The van der Waals surface area contributed by atoms with Crippen LogP contribution < -0.4 is 5.90 Å². The van der Waals surface area contributed by atoms with Gasteiger partial charge in [-0.2, -0.15) is 5.90 Å². The highest BCUT2D eigenvalue weighted by molar-refractivity contribution is 6.32. The maximum absolute atomic E-state index is 12.5. The fourth-order valence-corrected chi connectivity index (χ4v) is 3.07. The van der Waals surface area contributed by atoms with E-state index < -0.39 is 22.8 Å². The molecule has 0 atom stereocenters. The topological polar surface area (TPSA) is 120 Å². The van der Waals surface area contributed by atoms with E-state index in [2.05, 4.69) is 5.90 Å². The summed E-state index contributed by atoms with van der Waals surface area (Å²) in [6, 6.07) is 5.70. The van der Waals surface area contributed by atoms with Crippen molar-refractivity contribution >= 4 is 11.8 Å². The Morgan fingerprint density at radius 1 is 1.09 bits per heavy atom. The van der Waals surface area contributed by atoms with Gasteiger partial charge in [-0.15, -0.1) is 5.21 Å². The molecule has 1 radical (unpaired) electrons. The lowest BCUT2D eigenvalue weighted by atomic mass is 9.88. The number of fused-ring (bicyclic) bond motifs is 1. The zero-order valence-corrected chi connectivity index (χ0v) is 13.8. The SMILES string of the molecule is CC1(C)c2ccc(CCC(=O)C(=O)O)cc2C(C)(C)[N+]1=O.N[O]. The van der Waals surface area contributed by atoms with E-state index in [9.17, 15) is 14.5 Å². The molecule has 0 aliphatic carbocycles. The molecule has 0 saturated heterocycles. The lowest BCUT2D eigenvalue weighted by Crippen LogP contribution is -2.34. The number of ketones is 1. The number of nitrogens with two attached hydrogens (primary N) is 1. The zero-order valence-electron chi connectivity index (χ0n) is 13.8. The van der Waals surface area contributed by atoms with Gasteiger partial charge in [0.1, 0.15) is 0 Å². The summed E-state index contributed by atoms with van der Waals surface area (Å²) in [5, 5.41) is 16.4. The van der Waals surface area contributed by atoms with Crippen molar-refractivity contribution in [1.82, 2.24) is 0 Å². The van der Waals surface area contributed by atoms with Gasteiger partial charge >= 0.3 is 5.97 Å². The van der Waals surface area contributed by atoms with Gasteiger partial charge in [-0.3, -0.25) is 4.79 Å². The van der Waals surface area contributed by atoms with Crippen LogP contribution in [0.1, 0.15) is 50.8 Å². The summed E-state index contributed by atoms with van der Waals surface area (Å²) < 4.78 is 1.09. The van der Waals surface area contributed by atoms with Gasteiger partial charge in [0.2, 0.25) is 16.9 Å². The van der Waals surface area contributed by atoms with Crippen LogP contribution in [-0.2, 0) is 32.3 Å². The number of nitrogens with zero attached hydrogens (tertiary/aromatic N) is 1. The number of benzene rings is 1. The van der Waals surface area contributed by atoms with Crippen LogP contribution in [0.15, 0.2) is 18.2 Å². The molecule has 1 aromatic carbocycles. The van der Waals surface area contributed by atoms with Crippen molar-refractivity contribution in [3.8, 4) is 0 Å². The predicted molar refractivity (Wildman–Crippen MR) is 82.0 cm³/mol.